The maximum Gasteiger partial charge on any atom is 0.229 e. The van der Waals surface area contributed by atoms with Crippen LogP contribution in [0.15, 0.2) is 48.5 Å². The lowest BCUT2D eigenvalue weighted by Gasteiger charge is -2.32. The van der Waals surface area contributed by atoms with Crippen LogP contribution in [0.2, 0.25) is 0 Å². The molecule has 0 atom stereocenters. The summed E-state index contributed by atoms with van der Waals surface area (Å²) in [6, 6.07) is 18.8. The first-order valence-electron chi connectivity index (χ1n) is 14.2. The van der Waals surface area contributed by atoms with Crippen LogP contribution in [0.4, 0.5) is 0 Å². The average Bonchev–Trinajstić information content (AvgIpc) is 2.76. The minimum atomic E-state index is -2.09. The Morgan fingerprint density at radius 3 is 0.615 bits per heavy atom. The van der Waals surface area contributed by atoms with Crippen LogP contribution in [0.1, 0.15) is 66.8 Å². The van der Waals surface area contributed by atoms with E-state index in [1.807, 2.05) is 0 Å². The lowest BCUT2D eigenvalue weighted by Crippen LogP contribution is -2.60. The summed E-state index contributed by atoms with van der Waals surface area (Å²) in [7, 11) is -4.18. The van der Waals surface area contributed by atoms with Gasteiger partial charge in [-0.3, -0.25) is 0 Å². The Balaban J connectivity index is 2.07. The van der Waals surface area contributed by atoms with Crippen molar-refractivity contribution in [2.45, 2.75) is 83.1 Å². The van der Waals surface area contributed by atoms with Gasteiger partial charge >= 0.3 is 0 Å². The van der Waals surface area contributed by atoms with Crippen molar-refractivity contribution < 1.29 is 4.12 Å². The van der Waals surface area contributed by atoms with Gasteiger partial charge in [0, 0.05) is 0 Å². The van der Waals surface area contributed by atoms with Crippen molar-refractivity contribution in [3.63, 3.8) is 0 Å². The molecule has 39 heavy (non-hydrogen) atoms. The summed E-state index contributed by atoms with van der Waals surface area (Å²) in [5.74, 6) is 0. The first kappa shape index (κ1) is 29.3. The third-order valence-electron chi connectivity index (χ3n) is 8.27. The number of hydrogen-bond donors (Lipinski definition) is 0. The molecular weight excluding hydrogens is 505 g/mol. The second kappa shape index (κ2) is 11.4. The fraction of sp³-hybridized carbons (Fsp3) is 0.333. The molecule has 4 rings (SSSR count). The molecule has 4 aromatic rings. The molecule has 0 aromatic heterocycles. The fourth-order valence-electron chi connectivity index (χ4n) is 7.12. The van der Waals surface area contributed by atoms with Crippen LogP contribution < -0.4 is 20.7 Å². The molecule has 0 aliphatic heterocycles. The molecule has 0 saturated heterocycles. The van der Waals surface area contributed by atoms with Crippen molar-refractivity contribution in [1.29, 1.82) is 0 Å². The average molecular weight is 551 g/mol. The summed E-state index contributed by atoms with van der Waals surface area (Å²) in [5, 5.41) is 5.83. The third-order valence-corrected chi connectivity index (χ3v) is 16.2. The summed E-state index contributed by atoms with van der Waals surface area (Å²) in [6.45, 7) is 27.2. The van der Waals surface area contributed by atoms with E-state index in [1.54, 1.807) is 0 Å². The largest absolute Gasteiger partial charge is 0.446 e. The highest BCUT2D eigenvalue weighted by Gasteiger charge is 2.33. The van der Waals surface area contributed by atoms with Crippen LogP contribution in [-0.4, -0.2) is 18.1 Å². The summed E-state index contributed by atoms with van der Waals surface area (Å²) in [5.41, 5.74) is 16.2. The highest BCUT2D eigenvalue weighted by Crippen LogP contribution is 2.17. The Morgan fingerprint density at radius 1 is 0.308 bits per heavy atom. The fourth-order valence-corrected chi connectivity index (χ4v) is 14.9. The molecule has 0 aliphatic rings. The smallest absolute Gasteiger partial charge is 0.229 e. The predicted octanol–water partition coefficient (Wildman–Crippen LogP) is 5.78. The molecule has 4 aromatic carbocycles. The van der Waals surface area contributed by atoms with Gasteiger partial charge in [0.25, 0.3) is 0 Å². The molecule has 0 spiro atoms. The molecule has 0 heterocycles. The van der Waals surface area contributed by atoms with Gasteiger partial charge in [0.1, 0.15) is 0 Å². The van der Waals surface area contributed by atoms with Crippen LogP contribution >= 0.6 is 0 Å². The first-order valence-corrected chi connectivity index (χ1v) is 17.5. The molecule has 1 nitrogen and oxygen atoms in total. The topological polar surface area (TPSA) is 9.23 Å². The molecule has 0 fully saturated rings. The van der Waals surface area contributed by atoms with E-state index in [2.05, 4.69) is 132 Å². The van der Waals surface area contributed by atoms with E-state index in [0.29, 0.717) is 0 Å². The van der Waals surface area contributed by atoms with Crippen molar-refractivity contribution in [3.05, 3.63) is 115 Å². The summed E-state index contributed by atoms with van der Waals surface area (Å²) < 4.78 is 7.88. The lowest BCUT2D eigenvalue weighted by atomic mass is 10.1. The van der Waals surface area contributed by atoms with Crippen molar-refractivity contribution >= 4 is 38.8 Å². The van der Waals surface area contributed by atoms with Crippen LogP contribution in [0.3, 0.4) is 0 Å². The Bertz CT molecular complexity index is 1240. The number of benzene rings is 4. The van der Waals surface area contributed by atoms with Crippen molar-refractivity contribution in [2.75, 3.05) is 0 Å². The molecular formula is C36H46OSi2. The van der Waals surface area contributed by atoms with E-state index in [1.165, 1.54) is 87.5 Å². The van der Waals surface area contributed by atoms with E-state index in [0.717, 1.165) is 0 Å². The van der Waals surface area contributed by atoms with Crippen LogP contribution in [0, 0.1) is 83.1 Å². The first-order chi connectivity index (χ1) is 18.3. The van der Waals surface area contributed by atoms with Crippen LogP contribution in [0.25, 0.3) is 0 Å². The monoisotopic (exact) mass is 550 g/mol. The molecule has 3 heteroatoms. The highest BCUT2D eigenvalue weighted by molar-refractivity contribution is 6.93. The highest BCUT2D eigenvalue weighted by atomic mass is 28.4. The molecule has 0 bridgehead atoms. The number of aryl methyl sites for hydroxylation is 12. The van der Waals surface area contributed by atoms with E-state index in [9.17, 15) is 0 Å². The van der Waals surface area contributed by atoms with E-state index < -0.39 is 18.1 Å². The molecule has 0 saturated carbocycles. The zero-order valence-corrected chi connectivity index (χ0v) is 28.5. The van der Waals surface area contributed by atoms with Gasteiger partial charge in [0.2, 0.25) is 18.1 Å². The standard InChI is InChI=1S/C36H46OSi2/c1-21-13-25(5)33(26(6)14-21)38(34-27(7)15-22(2)16-28(34)8)37-39(35-29(9)17-23(3)18-30(35)10)36-31(11)19-24(4)20-32(36)12/h13-20,38-39H,1-12H3. The van der Waals surface area contributed by atoms with Crippen LogP contribution in [-0.2, 0) is 4.12 Å². The Hall–Kier alpha value is -2.73. The zero-order chi connectivity index (χ0) is 28.8. The second-order valence-electron chi connectivity index (χ2n) is 12.1. The quantitative estimate of drug-likeness (QED) is 0.277. The predicted molar refractivity (Wildman–Crippen MR) is 177 cm³/mol. The number of hydrogen-bond acceptors (Lipinski definition) is 1. The van der Waals surface area contributed by atoms with Gasteiger partial charge < -0.3 is 4.12 Å². The Labute approximate surface area is 240 Å². The molecule has 0 amide bonds. The SMILES string of the molecule is Cc1cc(C)c([SiH](O[SiH](c2c(C)cc(C)cc2C)c2c(C)cc(C)cc2C)c2c(C)cc(C)cc2C)c(C)c1. The van der Waals surface area contributed by atoms with Crippen molar-refractivity contribution in [1.82, 2.24) is 0 Å². The summed E-state index contributed by atoms with van der Waals surface area (Å²) >= 11 is 0. The van der Waals surface area contributed by atoms with Gasteiger partial charge in [-0.2, -0.15) is 0 Å². The van der Waals surface area contributed by atoms with Crippen molar-refractivity contribution in [3.8, 4) is 0 Å². The van der Waals surface area contributed by atoms with Gasteiger partial charge in [-0.05, 0) is 148 Å². The normalized spacial score (nSPS) is 11.6. The van der Waals surface area contributed by atoms with Gasteiger partial charge in [-0.15, -0.1) is 0 Å². The summed E-state index contributed by atoms with van der Waals surface area (Å²) in [4.78, 5) is 0. The molecule has 0 N–H and O–H groups in total. The summed E-state index contributed by atoms with van der Waals surface area (Å²) in [6.07, 6.45) is 0. The number of rotatable bonds is 6. The minimum absolute atomic E-state index is 1.32. The van der Waals surface area contributed by atoms with E-state index in [-0.39, 0.29) is 0 Å². The van der Waals surface area contributed by atoms with Gasteiger partial charge in [0.15, 0.2) is 0 Å². The van der Waals surface area contributed by atoms with E-state index >= 15 is 0 Å². The minimum Gasteiger partial charge on any atom is -0.446 e. The molecule has 204 valence electrons. The lowest BCUT2D eigenvalue weighted by molar-refractivity contribution is 0.631. The second-order valence-corrected chi connectivity index (χ2v) is 17.1. The van der Waals surface area contributed by atoms with Gasteiger partial charge in [0.05, 0.1) is 0 Å². The maximum absolute atomic E-state index is 7.88. The molecule has 0 radical (unpaired) electrons. The Morgan fingerprint density at radius 2 is 0.462 bits per heavy atom. The molecule has 0 aliphatic carbocycles. The third kappa shape index (κ3) is 5.91. The van der Waals surface area contributed by atoms with Crippen LogP contribution in [0.5, 0.6) is 0 Å². The van der Waals surface area contributed by atoms with E-state index in [4.69, 9.17) is 4.12 Å². The maximum atomic E-state index is 7.88. The molecule has 0 unspecified atom stereocenters. The van der Waals surface area contributed by atoms with Gasteiger partial charge in [-0.25, -0.2) is 0 Å². The zero-order valence-electron chi connectivity index (χ0n) is 26.2. The van der Waals surface area contributed by atoms with Gasteiger partial charge in [-0.1, -0.05) is 70.8 Å². The Kier molecular flexibility index (Phi) is 8.56. The van der Waals surface area contributed by atoms with Crippen molar-refractivity contribution in [2.24, 2.45) is 0 Å².